The van der Waals surface area contributed by atoms with Gasteiger partial charge in [0, 0.05) is 13.0 Å². The third kappa shape index (κ3) is 5.33. The highest BCUT2D eigenvalue weighted by molar-refractivity contribution is 6.01. The molecule has 7 heteroatoms. The summed E-state index contributed by atoms with van der Waals surface area (Å²) in [7, 11) is 0. The minimum Gasteiger partial charge on any atom is -0.492 e. The van der Waals surface area contributed by atoms with Crippen LogP contribution in [0.2, 0.25) is 0 Å². The van der Waals surface area contributed by atoms with E-state index in [4.69, 9.17) is 14.2 Å². The molecule has 1 fully saturated rings. The Hall–Kier alpha value is -3.22. The minimum absolute atomic E-state index is 0.0790. The van der Waals surface area contributed by atoms with Crippen LogP contribution in [-0.4, -0.2) is 38.2 Å². The van der Waals surface area contributed by atoms with E-state index in [1.807, 2.05) is 70.2 Å². The van der Waals surface area contributed by atoms with E-state index in [1.165, 1.54) is 0 Å². The van der Waals surface area contributed by atoms with Crippen LogP contribution in [0.15, 0.2) is 42.5 Å². The van der Waals surface area contributed by atoms with Crippen molar-refractivity contribution in [1.29, 1.82) is 0 Å². The van der Waals surface area contributed by atoms with Crippen LogP contribution in [0.25, 0.3) is 0 Å². The molecule has 1 heterocycles. The van der Waals surface area contributed by atoms with Crippen molar-refractivity contribution in [2.75, 3.05) is 31.3 Å². The van der Waals surface area contributed by atoms with E-state index in [9.17, 15) is 9.59 Å². The summed E-state index contributed by atoms with van der Waals surface area (Å²) >= 11 is 0. The van der Waals surface area contributed by atoms with Crippen LogP contribution in [-0.2, 0) is 9.59 Å². The molecule has 0 bridgehead atoms. The van der Waals surface area contributed by atoms with E-state index in [0.717, 1.165) is 5.56 Å². The van der Waals surface area contributed by atoms with Gasteiger partial charge in [0.15, 0.2) is 11.5 Å². The molecular weight excluding hydrogens is 408 g/mol. The zero-order valence-corrected chi connectivity index (χ0v) is 19.2. The number of anilines is 1. The molecule has 0 aromatic heterocycles. The van der Waals surface area contributed by atoms with E-state index < -0.39 is 5.92 Å². The van der Waals surface area contributed by atoms with Gasteiger partial charge in [-0.05, 0) is 57.5 Å². The highest BCUT2D eigenvalue weighted by atomic mass is 16.5. The first-order valence-electron chi connectivity index (χ1n) is 11.2. The number of amides is 2. The summed E-state index contributed by atoms with van der Waals surface area (Å²) in [5.41, 5.74) is 1.61. The van der Waals surface area contributed by atoms with Crippen LogP contribution in [0, 0.1) is 5.92 Å². The van der Waals surface area contributed by atoms with Gasteiger partial charge in [-0.15, -0.1) is 0 Å². The first-order valence-corrected chi connectivity index (χ1v) is 11.2. The Bertz CT molecular complexity index is 946. The maximum absolute atomic E-state index is 13.0. The minimum atomic E-state index is -0.423. The van der Waals surface area contributed by atoms with Gasteiger partial charge in [0.25, 0.3) is 0 Å². The monoisotopic (exact) mass is 440 g/mol. The highest BCUT2D eigenvalue weighted by Gasteiger charge is 2.36. The first-order chi connectivity index (χ1) is 15.5. The molecule has 0 saturated carbocycles. The Morgan fingerprint density at radius 2 is 1.66 bits per heavy atom. The zero-order chi connectivity index (χ0) is 23.1. The number of hydrogen-bond acceptors (Lipinski definition) is 5. The smallest absolute Gasteiger partial charge is 0.227 e. The first kappa shape index (κ1) is 23.4. The van der Waals surface area contributed by atoms with Crippen LogP contribution in [0.5, 0.6) is 17.2 Å². The van der Waals surface area contributed by atoms with Gasteiger partial charge < -0.3 is 24.4 Å². The normalized spacial score (nSPS) is 16.6. The Morgan fingerprint density at radius 1 is 1.00 bits per heavy atom. The molecule has 0 aliphatic carbocycles. The molecule has 32 heavy (non-hydrogen) atoms. The fourth-order valence-corrected chi connectivity index (χ4v) is 3.83. The van der Waals surface area contributed by atoms with Gasteiger partial charge in [-0.1, -0.05) is 18.2 Å². The summed E-state index contributed by atoms with van der Waals surface area (Å²) in [5.74, 6) is 1.34. The SMILES string of the molecule is CCOc1ccc([C@@H](C)NC(=O)[C@H]2CC(=O)N(c3ccccc3OCC)C2)cc1OCC. The molecule has 1 aliphatic rings. The van der Waals surface area contributed by atoms with Crippen molar-refractivity contribution in [2.24, 2.45) is 5.92 Å². The Morgan fingerprint density at radius 3 is 2.38 bits per heavy atom. The molecule has 1 N–H and O–H groups in total. The molecular formula is C25H32N2O5. The quantitative estimate of drug-likeness (QED) is 0.602. The third-order valence-electron chi connectivity index (χ3n) is 5.38. The second-order valence-corrected chi connectivity index (χ2v) is 7.61. The molecule has 172 valence electrons. The van der Waals surface area contributed by atoms with E-state index in [0.29, 0.717) is 49.3 Å². The molecule has 0 unspecified atom stereocenters. The summed E-state index contributed by atoms with van der Waals surface area (Å²) < 4.78 is 17.0. The van der Waals surface area contributed by atoms with E-state index >= 15 is 0 Å². The van der Waals surface area contributed by atoms with Crippen molar-refractivity contribution in [3.05, 3.63) is 48.0 Å². The van der Waals surface area contributed by atoms with Crippen molar-refractivity contribution in [1.82, 2.24) is 5.32 Å². The fraction of sp³-hybridized carbons (Fsp3) is 0.440. The maximum atomic E-state index is 13.0. The van der Waals surface area contributed by atoms with Gasteiger partial charge >= 0.3 is 0 Å². The van der Waals surface area contributed by atoms with Crippen molar-refractivity contribution in [2.45, 2.75) is 40.2 Å². The second-order valence-electron chi connectivity index (χ2n) is 7.61. The Balaban J connectivity index is 1.69. The Kier molecular flexibility index (Phi) is 7.98. The standard InChI is InChI=1S/C25H32N2O5/c1-5-30-21-11-9-8-10-20(21)27-16-19(15-24(27)28)25(29)26-17(4)18-12-13-22(31-6-2)23(14-18)32-7-3/h8-14,17,19H,5-7,15-16H2,1-4H3,(H,26,29)/t17-,19+/m1/s1. The number of carbonyl (C=O) groups excluding carboxylic acids is 2. The van der Waals surface area contributed by atoms with Gasteiger partial charge in [0.1, 0.15) is 5.75 Å². The number of nitrogens with one attached hydrogen (secondary N) is 1. The maximum Gasteiger partial charge on any atom is 0.227 e. The van der Waals surface area contributed by atoms with Gasteiger partial charge in [0.05, 0.1) is 37.5 Å². The van der Waals surface area contributed by atoms with Crippen molar-refractivity contribution >= 4 is 17.5 Å². The van der Waals surface area contributed by atoms with E-state index in [2.05, 4.69) is 5.32 Å². The summed E-state index contributed by atoms with van der Waals surface area (Å²) in [6.45, 7) is 9.56. The van der Waals surface area contributed by atoms with Crippen LogP contribution in [0.1, 0.15) is 45.7 Å². The van der Waals surface area contributed by atoms with Crippen LogP contribution in [0.3, 0.4) is 0 Å². The molecule has 2 aromatic rings. The van der Waals surface area contributed by atoms with Gasteiger partial charge in [-0.2, -0.15) is 0 Å². The predicted octanol–water partition coefficient (Wildman–Crippen LogP) is 4.11. The lowest BCUT2D eigenvalue weighted by atomic mass is 10.0. The molecule has 7 nitrogen and oxygen atoms in total. The molecule has 1 saturated heterocycles. The van der Waals surface area contributed by atoms with Crippen molar-refractivity contribution in [3.8, 4) is 17.2 Å². The van der Waals surface area contributed by atoms with Gasteiger partial charge in [-0.25, -0.2) is 0 Å². The van der Waals surface area contributed by atoms with Gasteiger partial charge in [0.2, 0.25) is 11.8 Å². The average molecular weight is 441 g/mol. The number of para-hydroxylation sites is 2. The van der Waals surface area contributed by atoms with Crippen LogP contribution in [0.4, 0.5) is 5.69 Å². The number of carbonyl (C=O) groups is 2. The lowest BCUT2D eigenvalue weighted by Crippen LogP contribution is -2.34. The zero-order valence-electron chi connectivity index (χ0n) is 19.2. The Labute approximate surface area is 189 Å². The molecule has 1 aliphatic heterocycles. The number of hydrogen-bond donors (Lipinski definition) is 1. The topological polar surface area (TPSA) is 77.1 Å². The lowest BCUT2D eigenvalue weighted by Gasteiger charge is -2.21. The lowest BCUT2D eigenvalue weighted by molar-refractivity contribution is -0.126. The summed E-state index contributed by atoms with van der Waals surface area (Å²) in [4.78, 5) is 27.3. The van der Waals surface area contributed by atoms with Gasteiger partial charge in [-0.3, -0.25) is 9.59 Å². The fourth-order valence-electron chi connectivity index (χ4n) is 3.83. The third-order valence-corrected chi connectivity index (χ3v) is 5.38. The molecule has 2 amide bonds. The molecule has 2 atom stereocenters. The van der Waals surface area contributed by atoms with Crippen LogP contribution < -0.4 is 24.4 Å². The summed E-state index contributed by atoms with van der Waals surface area (Å²) in [5, 5.41) is 3.05. The molecule has 0 radical (unpaired) electrons. The van der Waals surface area contributed by atoms with E-state index in [1.54, 1.807) is 4.90 Å². The number of ether oxygens (including phenoxy) is 3. The highest BCUT2D eigenvalue weighted by Crippen LogP contribution is 2.34. The molecule has 2 aromatic carbocycles. The number of benzene rings is 2. The van der Waals surface area contributed by atoms with E-state index in [-0.39, 0.29) is 24.3 Å². The predicted molar refractivity (Wildman–Crippen MR) is 123 cm³/mol. The second kappa shape index (κ2) is 10.9. The van der Waals surface area contributed by atoms with Crippen molar-refractivity contribution < 1.29 is 23.8 Å². The molecule has 0 spiro atoms. The average Bonchev–Trinajstić information content (AvgIpc) is 3.17. The number of nitrogens with zero attached hydrogens (tertiary/aromatic N) is 1. The van der Waals surface area contributed by atoms with Crippen molar-refractivity contribution in [3.63, 3.8) is 0 Å². The molecule has 3 rings (SSSR count). The summed E-state index contributed by atoms with van der Waals surface area (Å²) in [6, 6.07) is 12.9. The largest absolute Gasteiger partial charge is 0.492 e. The summed E-state index contributed by atoms with van der Waals surface area (Å²) in [6.07, 6.45) is 0.173. The van der Waals surface area contributed by atoms with Crippen LogP contribution >= 0.6 is 0 Å². The number of rotatable bonds is 10.